The Hall–Kier alpha value is -4.91. The molecule has 1 saturated carbocycles. The SMILES string of the molecule is CCCC(C(N)=O)C(CC1CCCC1)C(=O)NC1CN(c2ccccc2)c2ccccc2N(Cc2cccc(-c3ccc(C)cc3)c2)C1=O. The van der Waals surface area contributed by atoms with Crippen LogP contribution in [0.2, 0.25) is 0 Å². The number of hydrogen-bond acceptors (Lipinski definition) is 4. The highest BCUT2D eigenvalue weighted by molar-refractivity contribution is 6.04. The molecule has 1 heterocycles. The number of aryl methyl sites for hydroxylation is 1. The summed E-state index contributed by atoms with van der Waals surface area (Å²) >= 11 is 0. The fourth-order valence-corrected chi connectivity index (χ4v) is 7.68. The van der Waals surface area contributed by atoms with E-state index in [0.29, 0.717) is 25.3 Å². The minimum atomic E-state index is -0.860. The van der Waals surface area contributed by atoms with Crippen LogP contribution in [0.5, 0.6) is 0 Å². The topological polar surface area (TPSA) is 95.7 Å². The van der Waals surface area contributed by atoms with E-state index < -0.39 is 23.8 Å². The van der Waals surface area contributed by atoms with E-state index in [-0.39, 0.29) is 18.4 Å². The first-order valence-corrected chi connectivity index (χ1v) is 17.8. The summed E-state index contributed by atoms with van der Waals surface area (Å²) in [6.45, 7) is 4.66. The number of para-hydroxylation sites is 3. The summed E-state index contributed by atoms with van der Waals surface area (Å²) in [5.41, 5.74) is 12.9. The number of hydrogen-bond donors (Lipinski definition) is 2. The van der Waals surface area contributed by atoms with Gasteiger partial charge in [0.25, 0.3) is 5.91 Å². The van der Waals surface area contributed by atoms with Crippen LogP contribution < -0.4 is 20.9 Å². The Morgan fingerprint density at radius 2 is 1.53 bits per heavy atom. The molecule has 3 N–H and O–H groups in total. The van der Waals surface area contributed by atoms with E-state index in [1.54, 1.807) is 4.90 Å². The normalized spacial score (nSPS) is 17.7. The third-order valence-corrected chi connectivity index (χ3v) is 10.3. The number of fused-ring (bicyclic) bond motifs is 1. The minimum Gasteiger partial charge on any atom is -0.369 e. The molecule has 7 heteroatoms. The van der Waals surface area contributed by atoms with Crippen molar-refractivity contribution < 1.29 is 14.4 Å². The van der Waals surface area contributed by atoms with Gasteiger partial charge in [0.05, 0.1) is 24.5 Å². The average Bonchev–Trinajstić information content (AvgIpc) is 3.61. The zero-order valence-corrected chi connectivity index (χ0v) is 28.7. The molecule has 0 aromatic heterocycles. The van der Waals surface area contributed by atoms with Crippen molar-refractivity contribution in [3.8, 4) is 11.1 Å². The van der Waals surface area contributed by atoms with Crippen molar-refractivity contribution in [2.45, 2.75) is 71.4 Å². The van der Waals surface area contributed by atoms with Crippen molar-refractivity contribution in [1.29, 1.82) is 0 Å². The Kier molecular flexibility index (Phi) is 10.8. The highest BCUT2D eigenvalue weighted by atomic mass is 16.2. The Labute approximate surface area is 290 Å². The van der Waals surface area contributed by atoms with E-state index in [1.807, 2.05) is 73.7 Å². The minimum absolute atomic E-state index is 0.189. The first-order valence-electron chi connectivity index (χ1n) is 17.8. The molecule has 0 bridgehead atoms. The van der Waals surface area contributed by atoms with Crippen LogP contribution >= 0.6 is 0 Å². The lowest BCUT2D eigenvalue weighted by atomic mass is 9.80. The number of nitrogens with one attached hydrogen (secondary N) is 1. The summed E-state index contributed by atoms with van der Waals surface area (Å²) in [5, 5.41) is 3.19. The molecule has 1 aliphatic heterocycles. The van der Waals surface area contributed by atoms with Crippen molar-refractivity contribution in [2.24, 2.45) is 23.5 Å². The molecular formula is C42H48N4O3. The van der Waals surface area contributed by atoms with Gasteiger partial charge in [-0.25, -0.2) is 0 Å². The molecule has 0 radical (unpaired) electrons. The van der Waals surface area contributed by atoms with Gasteiger partial charge in [-0.15, -0.1) is 0 Å². The van der Waals surface area contributed by atoms with Crippen LogP contribution in [0.4, 0.5) is 17.1 Å². The van der Waals surface area contributed by atoms with Crippen LogP contribution in [-0.2, 0) is 20.9 Å². The van der Waals surface area contributed by atoms with Gasteiger partial charge in [0, 0.05) is 17.5 Å². The molecule has 0 spiro atoms. The average molecular weight is 657 g/mol. The predicted molar refractivity (Wildman–Crippen MR) is 197 cm³/mol. The van der Waals surface area contributed by atoms with Crippen LogP contribution in [0.25, 0.3) is 11.1 Å². The van der Waals surface area contributed by atoms with Crippen LogP contribution in [0.3, 0.4) is 0 Å². The quantitative estimate of drug-likeness (QED) is 0.162. The number of anilines is 3. The lowest BCUT2D eigenvalue weighted by molar-refractivity contribution is -0.136. The summed E-state index contributed by atoms with van der Waals surface area (Å²) in [6, 6.07) is 33.8. The zero-order chi connectivity index (χ0) is 34.3. The third-order valence-electron chi connectivity index (χ3n) is 10.3. The number of rotatable bonds is 12. The smallest absolute Gasteiger partial charge is 0.251 e. The molecule has 0 saturated heterocycles. The molecular weight excluding hydrogens is 608 g/mol. The number of nitrogens with zero attached hydrogens (tertiary/aromatic N) is 2. The number of nitrogens with two attached hydrogens (primary N) is 1. The van der Waals surface area contributed by atoms with E-state index in [1.165, 1.54) is 5.56 Å². The second-order valence-corrected chi connectivity index (χ2v) is 13.8. The van der Waals surface area contributed by atoms with E-state index in [0.717, 1.165) is 65.9 Å². The molecule has 6 rings (SSSR count). The van der Waals surface area contributed by atoms with Gasteiger partial charge in [-0.2, -0.15) is 0 Å². The molecule has 254 valence electrons. The standard InChI is InChI=1S/C42H48N4O3/c1-3-12-35(40(43)47)36(26-30-13-7-8-14-30)41(48)44-37-28-45(34-17-5-4-6-18-34)38-19-9-10-20-39(38)46(42(37)49)27-31-15-11-16-33(25-31)32-23-21-29(2)22-24-32/h4-6,9-11,15-25,30,35-37H,3,7-8,12-14,26-28H2,1-2H3,(H2,43,47)(H,44,48). The van der Waals surface area contributed by atoms with E-state index >= 15 is 0 Å². The summed E-state index contributed by atoms with van der Waals surface area (Å²) in [4.78, 5) is 45.9. The molecule has 3 atom stereocenters. The van der Waals surface area contributed by atoms with Gasteiger partial charge in [0.15, 0.2) is 0 Å². The van der Waals surface area contributed by atoms with Gasteiger partial charge in [-0.1, -0.05) is 117 Å². The number of carbonyl (C=O) groups excluding carboxylic acids is 3. The highest BCUT2D eigenvalue weighted by Crippen LogP contribution is 2.39. The molecule has 7 nitrogen and oxygen atoms in total. The van der Waals surface area contributed by atoms with Crippen molar-refractivity contribution in [2.75, 3.05) is 16.3 Å². The van der Waals surface area contributed by atoms with Crippen LogP contribution in [0.15, 0.2) is 103 Å². The first kappa shape index (κ1) is 34.0. The fourth-order valence-electron chi connectivity index (χ4n) is 7.68. The summed E-state index contributed by atoms with van der Waals surface area (Å²) in [5.74, 6) is -1.67. The second-order valence-electron chi connectivity index (χ2n) is 13.8. The number of carbonyl (C=O) groups is 3. The molecule has 3 amide bonds. The lowest BCUT2D eigenvalue weighted by Gasteiger charge is -2.30. The second kappa shape index (κ2) is 15.5. The zero-order valence-electron chi connectivity index (χ0n) is 28.7. The fraction of sp³-hybridized carbons (Fsp3) is 0.357. The Morgan fingerprint density at radius 1 is 0.837 bits per heavy atom. The monoisotopic (exact) mass is 656 g/mol. The van der Waals surface area contributed by atoms with Crippen LogP contribution in [0.1, 0.15) is 63.0 Å². The van der Waals surface area contributed by atoms with E-state index in [9.17, 15) is 14.4 Å². The lowest BCUT2D eigenvalue weighted by Crippen LogP contribution is -2.54. The molecule has 4 aromatic rings. The molecule has 1 fully saturated rings. The maximum absolute atomic E-state index is 14.8. The van der Waals surface area contributed by atoms with Gasteiger partial charge >= 0.3 is 0 Å². The Bertz CT molecular complexity index is 1750. The van der Waals surface area contributed by atoms with Crippen molar-refractivity contribution in [3.63, 3.8) is 0 Å². The van der Waals surface area contributed by atoms with Crippen molar-refractivity contribution in [3.05, 3.63) is 114 Å². The molecule has 4 aromatic carbocycles. The number of primary amides is 1. The van der Waals surface area contributed by atoms with Gasteiger partial charge in [0.2, 0.25) is 11.8 Å². The van der Waals surface area contributed by atoms with E-state index in [2.05, 4.69) is 53.5 Å². The molecule has 1 aliphatic carbocycles. The summed E-state index contributed by atoms with van der Waals surface area (Å²) in [7, 11) is 0. The van der Waals surface area contributed by atoms with Crippen LogP contribution in [0, 0.1) is 24.7 Å². The van der Waals surface area contributed by atoms with Gasteiger partial charge in [-0.05, 0) is 72.7 Å². The molecule has 49 heavy (non-hydrogen) atoms. The van der Waals surface area contributed by atoms with E-state index in [4.69, 9.17) is 5.73 Å². The molecule has 2 aliphatic rings. The first-order chi connectivity index (χ1) is 23.8. The van der Waals surface area contributed by atoms with Gasteiger partial charge in [-0.3, -0.25) is 14.4 Å². The maximum atomic E-state index is 14.8. The van der Waals surface area contributed by atoms with Gasteiger partial charge < -0.3 is 20.9 Å². The Morgan fingerprint density at radius 3 is 2.22 bits per heavy atom. The Balaban J connectivity index is 1.37. The van der Waals surface area contributed by atoms with Crippen molar-refractivity contribution in [1.82, 2.24) is 5.32 Å². The highest BCUT2D eigenvalue weighted by Gasteiger charge is 2.39. The number of benzene rings is 4. The van der Waals surface area contributed by atoms with Crippen LogP contribution in [-0.4, -0.2) is 30.3 Å². The molecule has 3 unspecified atom stereocenters. The summed E-state index contributed by atoms with van der Waals surface area (Å²) < 4.78 is 0. The number of amides is 3. The summed E-state index contributed by atoms with van der Waals surface area (Å²) in [6.07, 6.45) is 6.28. The van der Waals surface area contributed by atoms with Gasteiger partial charge in [0.1, 0.15) is 6.04 Å². The predicted octanol–water partition coefficient (Wildman–Crippen LogP) is 7.93. The third kappa shape index (κ3) is 7.88. The maximum Gasteiger partial charge on any atom is 0.251 e. The van der Waals surface area contributed by atoms with Crippen molar-refractivity contribution >= 4 is 34.8 Å². The largest absolute Gasteiger partial charge is 0.369 e.